The standard InChI is InChI=1S/C15H18N6O3/c1-8(22)18-15-19-13(16)12-14(20-15)21(7-17-12)11-4-3-10(5-11)6-24-9(2)23/h3-4,7,10-11H,5-6H2,1-2H3,(H3,16,18,19,20,22). The van der Waals surface area contributed by atoms with Gasteiger partial charge in [0.2, 0.25) is 11.9 Å². The summed E-state index contributed by atoms with van der Waals surface area (Å²) in [5.74, 6) is -0.0682. The second-order valence-electron chi connectivity index (χ2n) is 5.69. The maximum absolute atomic E-state index is 11.2. The molecule has 0 radical (unpaired) electrons. The van der Waals surface area contributed by atoms with Crippen LogP contribution in [0.5, 0.6) is 0 Å². The van der Waals surface area contributed by atoms with Crippen molar-refractivity contribution in [1.29, 1.82) is 0 Å². The van der Waals surface area contributed by atoms with Gasteiger partial charge in [-0.05, 0) is 6.42 Å². The molecule has 0 saturated carbocycles. The first-order valence-electron chi connectivity index (χ1n) is 7.53. The molecule has 2 atom stereocenters. The molecule has 1 aliphatic rings. The lowest BCUT2D eigenvalue weighted by Gasteiger charge is -2.14. The van der Waals surface area contributed by atoms with Gasteiger partial charge in [-0.3, -0.25) is 14.9 Å². The number of nitrogen functional groups attached to an aromatic ring is 1. The first kappa shape index (κ1) is 15.9. The molecule has 0 aliphatic heterocycles. The third-order valence-corrected chi connectivity index (χ3v) is 3.74. The van der Waals surface area contributed by atoms with E-state index in [-0.39, 0.29) is 35.6 Å². The summed E-state index contributed by atoms with van der Waals surface area (Å²) in [6.45, 7) is 3.12. The van der Waals surface area contributed by atoms with Crippen LogP contribution in [0.3, 0.4) is 0 Å². The molecule has 2 heterocycles. The van der Waals surface area contributed by atoms with Crippen LogP contribution in [-0.4, -0.2) is 38.0 Å². The van der Waals surface area contributed by atoms with Crippen molar-refractivity contribution in [1.82, 2.24) is 19.5 Å². The number of nitrogens with two attached hydrogens (primary N) is 1. The molecule has 24 heavy (non-hydrogen) atoms. The second kappa shape index (κ2) is 6.26. The molecule has 3 rings (SSSR count). The minimum absolute atomic E-state index is 0.0232. The number of amides is 1. The molecule has 9 nitrogen and oxygen atoms in total. The normalized spacial score (nSPS) is 19.6. The van der Waals surface area contributed by atoms with Crippen LogP contribution in [0.1, 0.15) is 26.3 Å². The highest BCUT2D eigenvalue weighted by molar-refractivity contribution is 5.89. The third-order valence-electron chi connectivity index (χ3n) is 3.74. The quantitative estimate of drug-likeness (QED) is 0.634. The SMILES string of the molecule is CC(=O)Nc1nc(N)c2ncn(C3C=CC(COC(C)=O)C3)c2n1. The van der Waals surface area contributed by atoms with Crippen molar-refractivity contribution >= 4 is 34.8 Å². The van der Waals surface area contributed by atoms with Crippen LogP contribution in [-0.2, 0) is 14.3 Å². The number of rotatable bonds is 4. The van der Waals surface area contributed by atoms with E-state index < -0.39 is 0 Å². The number of imidazole rings is 1. The number of esters is 1. The summed E-state index contributed by atoms with van der Waals surface area (Å²) in [5, 5.41) is 2.53. The number of aromatic nitrogens is 4. The number of hydrogen-bond donors (Lipinski definition) is 2. The van der Waals surface area contributed by atoms with Gasteiger partial charge in [-0.2, -0.15) is 9.97 Å². The van der Waals surface area contributed by atoms with Crippen molar-refractivity contribution in [2.24, 2.45) is 5.92 Å². The van der Waals surface area contributed by atoms with E-state index in [9.17, 15) is 9.59 Å². The summed E-state index contributed by atoms with van der Waals surface area (Å²) < 4.78 is 6.93. The van der Waals surface area contributed by atoms with E-state index in [2.05, 4.69) is 20.3 Å². The summed E-state index contributed by atoms with van der Waals surface area (Å²) in [6, 6.07) is 0.0232. The van der Waals surface area contributed by atoms with Gasteiger partial charge in [-0.25, -0.2) is 4.98 Å². The Morgan fingerprint density at radius 2 is 2.17 bits per heavy atom. The Hall–Kier alpha value is -2.97. The number of carbonyl (C=O) groups excluding carboxylic acids is 2. The van der Waals surface area contributed by atoms with Crippen LogP contribution >= 0.6 is 0 Å². The fraction of sp³-hybridized carbons (Fsp3) is 0.400. The Labute approximate surface area is 137 Å². The van der Waals surface area contributed by atoms with E-state index >= 15 is 0 Å². The van der Waals surface area contributed by atoms with Crippen molar-refractivity contribution in [3.63, 3.8) is 0 Å². The molecular weight excluding hydrogens is 312 g/mol. The minimum Gasteiger partial charge on any atom is -0.465 e. The molecule has 2 aromatic rings. The molecule has 0 saturated heterocycles. The van der Waals surface area contributed by atoms with Crippen molar-refractivity contribution in [2.75, 3.05) is 17.7 Å². The van der Waals surface area contributed by atoms with Gasteiger partial charge in [-0.1, -0.05) is 12.2 Å². The second-order valence-corrected chi connectivity index (χ2v) is 5.69. The summed E-state index contributed by atoms with van der Waals surface area (Å²) in [7, 11) is 0. The van der Waals surface area contributed by atoms with Gasteiger partial charge >= 0.3 is 5.97 Å². The molecule has 0 fully saturated rings. The summed E-state index contributed by atoms with van der Waals surface area (Å²) in [5.41, 5.74) is 6.94. The lowest BCUT2D eigenvalue weighted by atomic mass is 10.1. The van der Waals surface area contributed by atoms with Crippen LogP contribution in [0.15, 0.2) is 18.5 Å². The van der Waals surface area contributed by atoms with Crippen molar-refractivity contribution in [3.05, 3.63) is 18.5 Å². The first-order chi connectivity index (χ1) is 11.4. The monoisotopic (exact) mass is 330 g/mol. The highest BCUT2D eigenvalue weighted by atomic mass is 16.5. The fourth-order valence-corrected chi connectivity index (χ4v) is 2.70. The number of hydrogen-bond acceptors (Lipinski definition) is 7. The average molecular weight is 330 g/mol. The molecule has 1 aliphatic carbocycles. The smallest absolute Gasteiger partial charge is 0.302 e. The molecule has 2 unspecified atom stereocenters. The molecule has 0 spiro atoms. The molecule has 0 aromatic carbocycles. The van der Waals surface area contributed by atoms with Gasteiger partial charge < -0.3 is 15.0 Å². The lowest BCUT2D eigenvalue weighted by Crippen LogP contribution is -2.13. The highest BCUT2D eigenvalue weighted by Gasteiger charge is 2.24. The van der Waals surface area contributed by atoms with E-state index in [0.29, 0.717) is 17.8 Å². The van der Waals surface area contributed by atoms with E-state index in [1.807, 2.05) is 16.7 Å². The van der Waals surface area contributed by atoms with Crippen LogP contribution in [0.4, 0.5) is 11.8 Å². The van der Waals surface area contributed by atoms with Crippen LogP contribution in [0, 0.1) is 5.92 Å². The number of carbonyl (C=O) groups is 2. The molecule has 9 heteroatoms. The third kappa shape index (κ3) is 3.19. The topological polar surface area (TPSA) is 125 Å². The first-order valence-corrected chi connectivity index (χ1v) is 7.53. The fourth-order valence-electron chi connectivity index (χ4n) is 2.70. The van der Waals surface area contributed by atoms with Crippen molar-refractivity contribution in [3.8, 4) is 0 Å². The zero-order chi connectivity index (χ0) is 17.3. The molecule has 1 amide bonds. The Kier molecular flexibility index (Phi) is 4.15. The van der Waals surface area contributed by atoms with Crippen LogP contribution < -0.4 is 11.1 Å². The van der Waals surface area contributed by atoms with Crippen LogP contribution in [0.2, 0.25) is 0 Å². The summed E-state index contributed by atoms with van der Waals surface area (Å²) in [4.78, 5) is 34.8. The molecule has 126 valence electrons. The van der Waals surface area contributed by atoms with Crippen molar-refractivity contribution in [2.45, 2.75) is 26.3 Å². The van der Waals surface area contributed by atoms with E-state index in [1.165, 1.54) is 13.8 Å². The Morgan fingerprint density at radius 3 is 2.88 bits per heavy atom. The van der Waals surface area contributed by atoms with Crippen molar-refractivity contribution < 1.29 is 14.3 Å². The van der Waals surface area contributed by atoms with Crippen LogP contribution in [0.25, 0.3) is 11.2 Å². The number of nitrogens with one attached hydrogen (secondary N) is 1. The van der Waals surface area contributed by atoms with E-state index in [4.69, 9.17) is 10.5 Å². The van der Waals surface area contributed by atoms with Gasteiger partial charge in [0, 0.05) is 19.8 Å². The minimum atomic E-state index is -0.291. The number of nitrogens with zero attached hydrogens (tertiary/aromatic N) is 4. The Balaban J connectivity index is 1.85. The maximum atomic E-state index is 11.2. The number of fused-ring (bicyclic) bond motifs is 1. The summed E-state index contributed by atoms with van der Waals surface area (Å²) >= 11 is 0. The molecule has 3 N–H and O–H groups in total. The van der Waals surface area contributed by atoms with Gasteiger partial charge in [0.15, 0.2) is 11.5 Å². The Bertz CT molecular complexity index is 828. The highest BCUT2D eigenvalue weighted by Crippen LogP contribution is 2.31. The lowest BCUT2D eigenvalue weighted by molar-refractivity contribution is -0.141. The molecule has 2 aromatic heterocycles. The van der Waals surface area contributed by atoms with Gasteiger partial charge in [-0.15, -0.1) is 0 Å². The summed E-state index contributed by atoms with van der Waals surface area (Å²) in [6.07, 6.45) is 6.44. The zero-order valence-electron chi connectivity index (χ0n) is 13.4. The average Bonchev–Trinajstić information content (AvgIpc) is 3.10. The number of ether oxygens (including phenoxy) is 1. The maximum Gasteiger partial charge on any atom is 0.302 e. The van der Waals surface area contributed by atoms with Gasteiger partial charge in [0.05, 0.1) is 19.0 Å². The predicted octanol–water partition coefficient (Wildman–Crippen LogP) is 1.05. The number of allylic oxidation sites excluding steroid dienone is 1. The largest absolute Gasteiger partial charge is 0.465 e. The molecule has 0 bridgehead atoms. The molecular formula is C15H18N6O3. The van der Waals surface area contributed by atoms with Gasteiger partial charge in [0.1, 0.15) is 5.52 Å². The van der Waals surface area contributed by atoms with E-state index in [1.54, 1.807) is 6.33 Å². The number of anilines is 2. The van der Waals surface area contributed by atoms with E-state index in [0.717, 1.165) is 6.42 Å². The predicted molar refractivity (Wildman–Crippen MR) is 87.0 cm³/mol. The zero-order valence-corrected chi connectivity index (χ0v) is 13.4. The van der Waals surface area contributed by atoms with Gasteiger partial charge in [0.25, 0.3) is 0 Å². The Morgan fingerprint density at radius 1 is 1.38 bits per heavy atom.